The molecule has 3 nitrogen and oxygen atoms in total. The Morgan fingerprint density at radius 1 is 1.62 bits per heavy atom. The molecule has 0 fully saturated rings. The summed E-state index contributed by atoms with van der Waals surface area (Å²) in [5.74, 6) is 0.432. The predicted octanol–water partition coefficient (Wildman–Crippen LogP) is 1.45. The molecule has 1 aromatic heterocycles. The first-order valence-corrected chi connectivity index (χ1v) is 4.14. The van der Waals surface area contributed by atoms with Crippen LogP contribution < -0.4 is 10.5 Å². The van der Waals surface area contributed by atoms with Gasteiger partial charge in [-0.1, -0.05) is 6.07 Å². The number of halogens is 1. The summed E-state index contributed by atoms with van der Waals surface area (Å²) >= 11 is 0. The standard InChI is InChI=1S/C9H13FN2O/c1-7(11)8-2-3-9(12-6-8)13-5-4-10/h2-3,6-7H,4-5,11H2,1H3/t7-/m0/s1. The van der Waals surface area contributed by atoms with E-state index in [4.69, 9.17) is 10.5 Å². The van der Waals surface area contributed by atoms with Gasteiger partial charge in [0.1, 0.15) is 13.3 Å². The molecule has 0 spiro atoms. The lowest BCUT2D eigenvalue weighted by molar-refractivity contribution is 0.264. The Morgan fingerprint density at radius 2 is 2.38 bits per heavy atom. The monoisotopic (exact) mass is 184 g/mol. The zero-order valence-corrected chi connectivity index (χ0v) is 7.53. The van der Waals surface area contributed by atoms with E-state index in [0.717, 1.165) is 5.56 Å². The largest absolute Gasteiger partial charge is 0.475 e. The van der Waals surface area contributed by atoms with Gasteiger partial charge in [-0.15, -0.1) is 0 Å². The summed E-state index contributed by atoms with van der Waals surface area (Å²) in [5, 5.41) is 0. The van der Waals surface area contributed by atoms with E-state index in [1.54, 1.807) is 12.3 Å². The van der Waals surface area contributed by atoms with Gasteiger partial charge in [0.2, 0.25) is 5.88 Å². The first-order chi connectivity index (χ1) is 6.24. The average molecular weight is 184 g/mol. The third kappa shape index (κ3) is 2.99. The van der Waals surface area contributed by atoms with Crippen molar-refractivity contribution in [1.29, 1.82) is 0 Å². The van der Waals surface area contributed by atoms with Crippen LogP contribution in [-0.2, 0) is 0 Å². The Balaban J connectivity index is 2.59. The van der Waals surface area contributed by atoms with Gasteiger partial charge in [-0.05, 0) is 12.5 Å². The molecule has 72 valence electrons. The normalized spacial score (nSPS) is 12.5. The number of rotatable bonds is 4. The number of aromatic nitrogens is 1. The highest BCUT2D eigenvalue weighted by Crippen LogP contribution is 2.12. The number of hydrogen-bond acceptors (Lipinski definition) is 3. The average Bonchev–Trinajstić information content (AvgIpc) is 2.15. The van der Waals surface area contributed by atoms with E-state index < -0.39 is 6.67 Å². The Labute approximate surface area is 76.7 Å². The van der Waals surface area contributed by atoms with Crippen molar-refractivity contribution in [1.82, 2.24) is 4.98 Å². The lowest BCUT2D eigenvalue weighted by Crippen LogP contribution is -2.06. The summed E-state index contributed by atoms with van der Waals surface area (Å²) in [6, 6.07) is 3.47. The maximum Gasteiger partial charge on any atom is 0.213 e. The maximum atomic E-state index is 11.7. The topological polar surface area (TPSA) is 48.1 Å². The number of pyridine rings is 1. The molecule has 1 aromatic rings. The van der Waals surface area contributed by atoms with Crippen LogP contribution in [0.25, 0.3) is 0 Å². The molecule has 0 saturated heterocycles. The predicted molar refractivity (Wildman–Crippen MR) is 48.3 cm³/mol. The second-order valence-electron chi connectivity index (χ2n) is 2.76. The highest BCUT2D eigenvalue weighted by atomic mass is 19.1. The fraction of sp³-hybridized carbons (Fsp3) is 0.444. The highest BCUT2D eigenvalue weighted by molar-refractivity contribution is 5.19. The molecule has 0 aliphatic heterocycles. The van der Waals surface area contributed by atoms with Gasteiger partial charge < -0.3 is 10.5 Å². The molecule has 0 saturated carbocycles. The molecule has 0 unspecified atom stereocenters. The smallest absolute Gasteiger partial charge is 0.213 e. The molecule has 1 atom stereocenters. The van der Waals surface area contributed by atoms with E-state index in [9.17, 15) is 4.39 Å². The fourth-order valence-corrected chi connectivity index (χ4v) is 0.890. The number of nitrogens with two attached hydrogens (primary N) is 1. The third-order valence-electron chi connectivity index (χ3n) is 1.61. The molecule has 13 heavy (non-hydrogen) atoms. The molecule has 0 amide bonds. The molecule has 0 aromatic carbocycles. The zero-order valence-electron chi connectivity index (χ0n) is 7.53. The lowest BCUT2D eigenvalue weighted by Gasteiger charge is -2.06. The maximum absolute atomic E-state index is 11.7. The quantitative estimate of drug-likeness (QED) is 0.770. The van der Waals surface area contributed by atoms with Crippen LogP contribution in [0.3, 0.4) is 0 Å². The Morgan fingerprint density at radius 3 is 2.85 bits per heavy atom. The van der Waals surface area contributed by atoms with Crippen LogP contribution >= 0.6 is 0 Å². The Hall–Kier alpha value is -1.16. The minimum atomic E-state index is -0.503. The van der Waals surface area contributed by atoms with Crippen LogP contribution in [0.1, 0.15) is 18.5 Å². The Kier molecular flexibility index (Phi) is 3.64. The van der Waals surface area contributed by atoms with E-state index >= 15 is 0 Å². The van der Waals surface area contributed by atoms with Crippen molar-refractivity contribution in [2.24, 2.45) is 5.73 Å². The molecule has 1 heterocycles. The SMILES string of the molecule is C[C@H](N)c1ccc(OCCF)nc1. The summed E-state index contributed by atoms with van der Waals surface area (Å²) in [6.07, 6.45) is 1.64. The van der Waals surface area contributed by atoms with Crippen molar-refractivity contribution in [2.75, 3.05) is 13.3 Å². The minimum absolute atomic E-state index is 0.0391. The van der Waals surface area contributed by atoms with E-state index in [-0.39, 0.29) is 12.6 Å². The van der Waals surface area contributed by atoms with Crippen molar-refractivity contribution in [3.8, 4) is 5.88 Å². The van der Waals surface area contributed by atoms with E-state index in [1.807, 2.05) is 13.0 Å². The van der Waals surface area contributed by atoms with Crippen molar-refractivity contribution in [3.63, 3.8) is 0 Å². The molecule has 4 heteroatoms. The highest BCUT2D eigenvalue weighted by Gasteiger charge is 2.00. The van der Waals surface area contributed by atoms with Gasteiger partial charge in [-0.2, -0.15) is 0 Å². The van der Waals surface area contributed by atoms with Crippen LogP contribution in [-0.4, -0.2) is 18.3 Å². The minimum Gasteiger partial charge on any atom is -0.475 e. The molecule has 1 rings (SSSR count). The van der Waals surface area contributed by atoms with Crippen LogP contribution in [0.15, 0.2) is 18.3 Å². The van der Waals surface area contributed by atoms with E-state index in [2.05, 4.69) is 4.98 Å². The molecule has 2 N–H and O–H groups in total. The molecule has 0 bridgehead atoms. The van der Waals surface area contributed by atoms with Gasteiger partial charge in [0.25, 0.3) is 0 Å². The van der Waals surface area contributed by atoms with Crippen molar-refractivity contribution >= 4 is 0 Å². The summed E-state index contributed by atoms with van der Waals surface area (Å²) in [6.45, 7) is 1.42. The van der Waals surface area contributed by atoms with Crippen LogP contribution in [0.5, 0.6) is 5.88 Å². The summed E-state index contributed by atoms with van der Waals surface area (Å²) in [5.41, 5.74) is 6.56. The van der Waals surface area contributed by atoms with Crippen LogP contribution in [0.2, 0.25) is 0 Å². The first-order valence-electron chi connectivity index (χ1n) is 4.14. The third-order valence-corrected chi connectivity index (χ3v) is 1.61. The van der Waals surface area contributed by atoms with Gasteiger partial charge >= 0.3 is 0 Å². The molecule has 0 radical (unpaired) electrons. The van der Waals surface area contributed by atoms with E-state index in [1.165, 1.54) is 0 Å². The van der Waals surface area contributed by atoms with Gasteiger partial charge in [-0.3, -0.25) is 0 Å². The molecule has 0 aliphatic rings. The van der Waals surface area contributed by atoms with Gasteiger partial charge in [0, 0.05) is 18.3 Å². The van der Waals surface area contributed by atoms with Gasteiger partial charge in [-0.25, -0.2) is 9.37 Å². The second-order valence-corrected chi connectivity index (χ2v) is 2.76. The van der Waals surface area contributed by atoms with Gasteiger partial charge in [0.05, 0.1) is 0 Å². The molecular weight excluding hydrogens is 171 g/mol. The first kappa shape index (κ1) is 9.92. The Bertz CT molecular complexity index is 248. The summed E-state index contributed by atoms with van der Waals surface area (Å²) in [7, 11) is 0. The van der Waals surface area contributed by atoms with Crippen molar-refractivity contribution < 1.29 is 9.13 Å². The number of alkyl halides is 1. The lowest BCUT2D eigenvalue weighted by atomic mass is 10.2. The van der Waals surface area contributed by atoms with Crippen LogP contribution in [0.4, 0.5) is 4.39 Å². The summed E-state index contributed by atoms with van der Waals surface area (Å²) in [4.78, 5) is 3.97. The van der Waals surface area contributed by atoms with Crippen molar-refractivity contribution in [3.05, 3.63) is 23.9 Å². The zero-order chi connectivity index (χ0) is 9.68. The van der Waals surface area contributed by atoms with Gasteiger partial charge in [0.15, 0.2) is 0 Å². The fourth-order valence-electron chi connectivity index (χ4n) is 0.890. The number of nitrogens with zero attached hydrogens (tertiary/aromatic N) is 1. The summed E-state index contributed by atoms with van der Waals surface area (Å²) < 4.78 is 16.7. The van der Waals surface area contributed by atoms with Crippen molar-refractivity contribution in [2.45, 2.75) is 13.0 Å². The number of ether oxygens (including phenoxy) is 1. The van der Waals surface area contributed by atoms with E-state index in [0.29, 0.717) is 5.88 Å². The second kappa shape index (κ2) is 4.77. The molecular formula is C9H13FN2O. The van der Waals surface area contributed by atoms with Crippen LogP contribution in [0, 0.1) is 0 Å². The number of hydrogen-bond donors (Lipinski definition) is 1. The molecule has 0 aliphatic carbocycles.